The third kappa shape index (κ3) is 4.76. The predicted molar refractivity (Wildman–Crippen MR) is 74.8 cm³/mol. The van der Waals surface area contributed by atoms with Crippen LogP contribution in [-0.4, -0.2) is 48.2 Å². The number of rotatable bonds is 7. The number of likely N-dealkylation sites (N-methyl/N-ethyl adjacent to an activating group) is 1. The van der Waals surface area contributed by atoms with E-state index in [0.29, 0.717) is 13.1 Å². The lowest BCUT2D eigenvalue weighted by atomic mass is 10.1. The van der Waals surface area contributed by atoms with Crippen LogP contribution < -0.4 is 5.32 Å². The average Bonchev–Trinajstić information content (AvgIpc) is 2.82. The molecule has 0 saturated heterocycles. The van der Waals surface area contributed by atoms with Gasteiger partial charge in [0.1, 0.15) is 0 Å². The maximum Gasteiger partial charge on any atom is 0.234 e. The highest BCUT2D eigenvalue weighted by atomic mass is 32.1. The molecule has 0 aliphatic heterocycles. The van der Waals surface area contributed by atoms with Crippen molar-refractivity contribution in [2.45, 2.75) is 25.8 Å². The van der Waals surface area contributed by atoms with Crippen molar-refractivity contribution in [2.75, 3.05) is 26.7 Å². The summed E-state index contributed by atoms with van der Waals surface area (Å²) in [6.07, 6.45) is 0.872. The average molecular weight is 270 g/mol. The summed E-state index contributed by atoms with van der Waals surface area (Å²) in [6, 6.07) is 4.08. The van der Waals surface area contributed by atoms with Crippen molar-refractivity contribution < 1.29 is 9.90 Å². The summed E-state index contributed by atoms with van der Waals surface area (Å²) in [5.41, 5.74) is -0.370. The van der Waals surface area contributed by atoms with Crippen molar-refractivity contribution in [2.24, 2.45) is 0 Å². The second-order valence-electron chi connectivity index (χ2n) is 5.01. The van der Waals surface area contributed by atoms with Gasteiger partial charge in [0, 0.05) is 17.0 Å². The zero-order valence-corrected chi connectivity index (χ0v) is 12.1. The third-order valence-electron chi connectivity index (χ3n) is 3.07. The van der Waals surface area contributed by atoms with Crippen LogP contribution in [-0.2, 0) is 11.2 Å². The van der Waals surface area contributed by atoms with Gasteiger partial charge >= 0.3 is 0 Å². The van der Waals surface area contributed by atoms with E-state index in [4.69, 9.17) is 0 Å². The Hall–Kier alpha value is -0.910. The third-order valence-corrected chi connectivity index (χ3v) is 4.01. The standard InChI is InChI=1S/C13H22N2O2S/c1-13(2,10-16)15(3)9-12(17)14-7-6-11-5-4-8-18-11/h4-5,8,16H,6-7,9-10H2,1-3H3,(H,14,17). The van der Waals surface area contributed by atoms with Crippen molar-refractivity contribution in [3.05, 3.63) is 22.4 Å². The quantitative estimate of drug-likeness (QED) is 0.780. The molecule has 0 fully saturated rings. The Bertz CT molecular complexity index is 363. The summed E-state index contributed by atoms with van der Waals surface area (Å²) in [5, 5.41) is 14.1. The van der Waals surface area contributed by atoms with Gasteiger partial charge in [0.25, 0.3) is 0 Å². The number of nitrogens with zero attached hydrogens (tertiary/aromatic N) is 1. The number of hydrogen-bond donors (Lipinski definition) is 2. The first kappa shape index (κ1) is 15.1. The molecular weight excluding hydrogens is 248 g/mol. The van der Waals surface area contributed by atoms with Gasteiger partial charge in [-0.15, -0.1) is 11.3 Å². The van der Waals surface area contributed by atoms with E-state index in [1.165, 1.54) is 4.88 Å². The Kier molecular flexibility index (Phi) is 5.78. The number of carbonyl (C=O) groups excluding carboxylic acids is 1. The number of hydrogen-bond acceptors (Lipinski definition) is 4. The van der Waals surface area contributed by atoms with Gasteiger partial charge in [-0.25, -0.2) is 0 Å². The fraction of sp³-hybridized carbons (Fsp3) is 0.615. The van der Waals surface area contributed by atoms with Crippen molar-refractivity contribution in [3.8, 4) is 0 Å². The Morgan fingerprint density at radius 1 is 1.56 bits per heavy atom. The summed E-state index contributed by atoms with van der Waals surface area (Å²) in [7, 11) is 1.84. The molecule has 0 unspecified atom stereocenters. The van der Waals surface area contributed by atoms with Gasteiger partial charge in [-0.3, -0.25) is 9.69 Å². The second-order valence-corrected chi connectivity index (χ2v) is 6.04. The first-order valence-electron chi connectivity index (χ1n) is 6.07. The molecule has 0 spiro atoms. The van der Waals surface area contributed by atoms with Crippen LogP contribution >= 0.6 is 11.3 Å². The van der Waals surface area contributed by atoms with Crippen LogP contribution in [0.4, 0.5) is 0 Å². The largest absolute Gasteiger partial charge is 0.394 e. The molecule has 1 aromatic rings. The molecule has 0 bridgehead atoms. The van der Waals surface area contributed by atoms with Crippen molar-refractivity contribution in [1.82, 2.24) is 10.2 Å². The number of carbonyl (C=O) groups is 1. The highest BCUT2D eigenvalue weighted by Crippen LogP contribution is 2.10. The molecule has 1 aromatic heterocycles. The molecule has 0 aromatic carbocycles. The molecular formula is C13H22N2O2S. The topological polar surface area (TPSA) is 52.6 Å². The molecule has 0 atom stereocenters. The lowest BCUT2D eigenvalue weighted by Gasteiger charge is -2.33. The van der Waals surface area contributed by atoms with Crippen LogP contribution in [0.3, 0.4) is 0 Å². The van der Waals surface area contributed by atoms with Crippen LogP contribution in [0.15, 0.2) is 17.5 Å². The lowest BCUT2D eigenvalue weighted by molar-refractivity contribution is -0.123. The zero-order chi connectivity index (χ0) is 13.6. The van der Waals surface area contributed by atoms with E-state index in [2.05, 4.69) is 11.4 Å². The van der Waals surface area contributed by atoms with Crippen molar-refractivity contribution in [1.29, 1.82) is 0 Å². The van der Waals surface area contributed by atoms with Gasteiger partial charge in [0.15, 0.2) is 0 Å². The van der Waals surface area contributed by atoms with Gasteiger partial charge in [0.05, 0.1) is 13.2 Å². The van der Waals surface area contributed by atoms with Gasteiger partial charge in [-0.1, -0.05) is 6.07 Å². The van der Waals surface area contributed by atoms with Crippen LogP contribution in [0.2, 0.25) is 0 Å². The van der Waals surface area contributed by atoms with E-state index in [0.717, 1.165) is 6.42 Å². The molecule has 18 heavy (non-hydrogen) atoms. The van der Waals surface area contributed by atoms with E-state index in [1.54, 1.807) is 11.3 Å². The fourth-order valence-electron chi connectivity index (χ4n) is 1.39. The Balaban J connectivity index is 2.25. The summed E-state index contributed by atoms with van der Waals surface area (Å²) < 4.78 is 0. The SMILES string of the molecule is CN(CC(=O)NCCc1cccs1)C(C)(C)CO. The Labute approximate surface area is 113 Å². The smallest absolute Gasteiger partial charge is 0.234 e. The van der Waals surface area contributed by atoms with Gasteiger partial charge in [0.2, 0.25) is 5.91 Å². The van der Waals surface area contributed by atoms with Crippen LogP contribution in [0, 0.1) is 0 Å². The minimum Gasteiger partial charge on any atom is -0.394 e. The minimum absolute atomic E-state index is 0.00409. The molecule has 1 rings (SSSR count). The van der Waals surface area contributed by atoms with Gasteiger partial charge < -0.3 is 10.4 Å². The monoisotopic (exact) mass is 270 g/mol. The maximum atomic E-state index is 11.7. The fourth-order valence-corrected chi connectivity index (χ4v) is 2.09. The van der Waals surface area contributed by atoms with E-state index in [-0.39, 0.29) is 18.1 Å². The van der Waals surface area contributed by atoms with Crippen molar-refractivity contribution >= 4 is 17.2 Å². The number of nitrogens with one attached hydrogen (secondary N) is 1. The first-order valence-corrected chi connectivity index (χ1v) is 6.95. The first-order chi connectivity index (χ1) is 8.45. The van der Waals surface area contributed by atoms with E-state index >= 15 is 0 Å². The number of thiophene rings is 1. The highest BCUT2D eigenvalue weighted by Gasteiger charge is 2.23. The summed E-state index contributed by atoms with van der Waals surface area (Å²) in [6.45, 7) is 4.81. The van der Waals surface area contributed by atoms with E-state index < -0.39 is 0 Å². The number of amides is 1. The Morgan fingerprint density at radius 3 is 2.83 bits per heavy atom. The molecule has 1 amide bonds. The van der Waals surface area contributed by atoms with Crippen LogP contribution in [0.5, 0.6) is 0 Å². The van der Waals surface area contributed by atoms with Crippen molar-refractivity contribution in [3.63, 3.8) is 0 Å². The minimum atomic E-state index is -0.370. The van der Waals surface area contributed by atoms with Gasteiger partial charge in [-0.2, -0.15) is 0 Å². The van der Waals surface area contributed by atoms with Crippen LogP contribution in [0.1, 0.15) is 18.7 Å². The molecule has 4 nitrogen and oxygen atoms in total. The summed E-state index contributed by atoms with van der Waals surface area (Å²) >= 11 is 1.70. The maximum absolute atomic E-state index is 11.7. The van der Waals surface area contributed by atoms with E-state index in [1.807, 2.05) is 37.2 Å². The normalized spacial score (nSPS) is 11.8. The molecule has 0 radical (unpaired) electrons. The molecule has 102 valence electrons. The molecule has 5 heteroatoms. The summed E-state index contributed by atoms with van der Waals surface area (Å²) in [5.74, 6) is -0.00409. The summed E-state index contributed by atoms with van der Waals surface area (Å²) in [4.78, 5) is 14.8. The predicted octanol–water partition coefficient (Wildman–Crippen LogP) is 1.11. The molecule has 0 aliphatic rings. The molecule has 1 heterocycles. The molecule has 0 saturated carbocycles. The second kappa shape index (κ2) is 6.87. The number of aliphatic hydroxyl groups is 1. The van der Waals surface area contributed by atoms with E-state index in [9.17, 15) is 9.90 Å². The lowest BCUT2D eigenvalue weighted by Crippen LogP contribution is -2.48. The molecule has 2 N–H and O–H groups in total. The highest BCUT2D eigenvalue weighted by molar-refractivity contribution is 7.09. The molecule has 0 aliphatic carbocycles. The number of aliphatic hydroxyl groups excluding tert-OH is 1. The van der Waals surface area contributed by atoms with Gasteiger partial charge in [-0.05, 0) is 38.8 Å². The van der Waals surface area contributed by atoms with Crippen LogP contribution in [0.25, 0.3) is 0 Å². The Morgan fingerprint density at radius 2 is 2.28 bits per heavy atom. The zero-order valence-electron chi connectivity index (χ0n) is 11.3.